The molecule has 8 nitrogen and oxygen atoms in total. The van der Waals surface area contributed by atoms with Crippen LogP contribution in [0.4, 0.5) is 0 Å². The van der Waals surface area contributed by atoms with Crippen LogP contribution in [-0.2, 0) is 19.1 Å². The lowest BCUT2D eigenvalue weighted by molar-refractivity contribution is -0.156. The van der Waals surface area contributed by atoms with Crippen LogP contribution in [0.5, 0.6) is 0 Å². The van der Waals surface area contributed by atoms with Crippen molar-refractivity contribution in [1.82, 2.24) is 14.7 Å². The van der Waals surface area contributed by atoms with E-state index < -0.39 is 35.1 Å². The van der Waals surface area contributed by atoms with Crippen molar-refractivity contribution < 1.29 is 24.2 Å². The smallest absolute Gasteiger partial charge is 0.249 e. The highest BCUT2D eigenvalue weighted by Crippen LogP contribution is 2.58. The van der Waals surface area contributed by atoms with Gasteiger partial charge in [0.1, 0.15) is 11.6 Å². The molecule has 0 saturated carbocycles. The summed E-state index contributed by atoms with van der Waals surface area (Å²) in [6.45, 7) is 9.15. The van der Waals surface area contributed by atoms with E-state index in [0.29, 0.717) is 19.6 Å². The number of likely N-dealkylation sites (tertiary alicyclic amines) is 1. The van der Waals surface area contributed by atoms with Gasteiger partial charge in [-0.1, -0.05) is 57.9 Å². The Morgan fingerprint density at radius 3 is 2.44 bits per heavy atom. The molecule has 2 saturated heterocycles. The molecule has 4 heterocycles. The summed E-state index contributed by atoms with van der Waals surface area (Å²) in [5.74, 6) is -2.18. The van der Waals surface area contributed by atoms with Crippen molar-refractivity contribution in [3.8, 4) is 0 Å². The molecule has 0 aromatic rings. The fraction of sp³-hybridized carbons (Fsp3) is 0.731. The van der Waals surface area contributed by atoms with Crippen molar-refractivity contribution in [3.63, 3.8) is 0 Å². The first-order valence-corrected chi connectivity index (χ1v) is 12.7. The number of nitrogens with zero attached hydrogens (tertiary/aromatic N) is 3. The number of aliphatic hydroxyl groups is 1. The van der Waals surface area contributed by atoms with Gasteiger partial charge in [-0.05, 0) is 19.3 Å². The summed E-state index contributed by atoms with van der Waals surface area (Å²) in [4.78, 5) is 46.9. The fourth-order valence-electron chi connectivity index (χ4n) is 6.35. The van der Waals surface area contributed by atoms with E-state index in [9.17, 15) is 19.5 Å². The van der Waals surface area contributed by atoms with Crippen LogP contribution < -0.4 is 0 Å². The lowest BCUT2D eigenvalue weighted by atomic mass is 9.74. The lowest BCUT2D eigenvalue weighted by Gasteiger charge is -2.41. The zero-order valence-electron chi connectivity index (χ0n) is 21.1. The summed E-state index contributed by atoms with van der Waals surface area (Å²) in [6.07, 6.45) is 10.1. The van der Waals surface area contributed by atoms with E-state index in [0.717, 1.165) is 19.3 Å². The Kier molecular flexibility index (Phi) is 6.68. The second kappa shape index (κ2) is 9.11. The van der Waals surface area contributed by atoms with Crippen LogP contribution in [0.2, 0.25) is 0 Å². The monoisotopic (exact) mass is 473 g/mol. The molecule has 3 amide bonds. The van der Waals surface area contributed by atoms with Crippen LogP contribution in [-0.4, -0.2) is 94.1 Å². The minimum Gasteiger partial charge on any atom is -0.394 e. The SMILES string of the molecule is CCCCN1CC=C[C@]23O[C@]4(C)C=CCN(C)C(=O)[C@@H]4[C@H]2C(=O)N([C@@H](CO)[C@@H](C)CC)C3C1=O. The molecule has 0 bridgehead atoms. The van der Waals surface area contributed by atoms with Crippen LogP contribution in [0.1, 0.15) is 47.0 Å². The highest BCUT2D eigenvalue weighted by molar-refractivity contribution is 6.00. The molecule has 4 aliphatic heterocycles. The van der Waals surface area contributed by atoms with Gasteiger partial charge in [0, 0.05) is 26.7 Å². The minimum atomic E-state index is -1.26. The van der Waals surface area contributed by atoms with Crippen molar-refractivity contribution in [2.45, 2.75) is 70.2 Å². The van der Waals surface area contributed by atoms with E-state index in [1.54, 1.807) is 21.7 Å². The van der Waals surface area contributed by atoms with Crippen LogP contribution in [0.15, 0.2) is 24.3 Å². The van der Waals surface area contributed by atoms with Gasteiger partial charge in [0.05, 0.1) is 30.1 Å². The highest BCUT2D eigenvalue weighted by atomic mass is 16.5. The predicted octanol–water partition coefficient (Wildman–Crippen LogP) is 1.59. The number of carbonyl (C=O) groups excluding carboxylic acids is 3. The largest absolute Gasteiger partial charge is 0.394 e. The molecular formula is C26H39N3O5. The molecule has 4 rings (SSSR count). The second-order valence-corrected chi connectivity index (χ2v) is 10.5. The van der Waals surface area contributed by atoms with Crippen LogP contribution in [0.25, 0.3) is 0 Å². The summed E-state index contributed by atoms with van der Waals surface area (Å²) in [5, 5.41) is 10.4. The third-order valence-electron chi connectivity index (χ3n) is 8.41. The molecule has 2 fully saturated rings. The minimum absolute atomic E-state index is 0.0206. The maximum absolute atomic E-state index is 14.2. The van der Waals surface area contributed by atoms with E-state index in [4.69, 9.17) is 4.74 Å². The zero-order valence-corrected chi connectivity index (χ0v) is 21.1. The summed E-state index contributed by atoms with van der Waals surface area (Å²) in [7, 11) is 1.73. The first-order chi connectivity index (χ1) is 16.2. The third kappa shape index (κ3) is 3.52. The van der Waals surface area contributed by atoms with E-state index >= 15 is 0 Å². The van der Waals surface area contributed by atoms with Gasteiger partial charge in [-0.2, -0.15) is 0 Å². The molecular weight excluding hydrogens is 434 g/mol. The molecule has 0 aromatic carbocycles. The summed E-state index contributed by atoms with van der Waals surface area (Å²) in [6, 6.07) is -1.44. The number of rotatable bonds is 7. The van der Waals surface area contributed by atoms with Crippen molar-refractivity contribution in [3.05, 3.63) is 24.3 Å². The number of likely N-dealkylation sites (N-methyl/N-ethyl adjacent to an activating group) is 1. The topological polar surface area (TPSA) is 90.4 Å². The number of unbranched alkanes of at least 4 members (excludes halogenated alkanes) is 1. The average Bonchev–Trinajstić information content (AvgIpc) is 3.09. The molecule has 34 heavy (non-hydrogen) atoms. The number of carbonyl (C=O) groups is 3. The number of hydrogen-bond acceptors (Lipinski definition) is 5. The summed E-state index contributed by atoms with van der Waals surface area (Å²) >= 11 is 0. The average molecular weight is 474 g/mol. The first kappa shape index (κ1) is 24.9. The zero-order chi connectivity index (χ0) is 24.8. The van der Waals surface area contributed by atoms with Crippen molar-refractivity contribution in [2.75, 3.05) is 33.3 Å². The van der Waals surface area contributed by atoms with E-state index in [-0.39, 0.29) is 30.2 Å². The molecule has 1 unspecified atom stereocenters. The van der Waals surface area contributed by atoms with Crippen molar-refractivity contribution >= 4 is 17.7 Å². The van der Waals surface area contributed by atoms with Crippen LogP contribution in [0, 0.1) is 17.8 Å². The molecule has 1 spiro atoms. The van der Waals surface area contributed by atoms with Gasteiger partial charge >= 0.3 is 0 Å². The van der Waals surface area contributed by atoms with Gasteiger partial charge in [-0.15, -0.1) is 0 Å². The first-order valence-electron chi connectivity index (χ1n) is 12.7. The Labute approximate surface area is 202 Å². The normalized spacial score (nSPS) is 36.8. The molecule has 8 heteroatoms. The summed E-state index contributed by atoms with van der Waals surface area (Å²) in [5.41, 5.74) is -2.26. The molecule has 4 aliphatic rings. The number of aliphatic hydroxyl groups excluding tert-OH is 1. The van der Waals surface area contributed by atoms with Crippen LogP contribution in [0.3, 0.4) is 0 Å². The Balaban J connectivity index is 1.89. The predicted molar refractivity (Wildman–Crippen MR) is 128 cm³/mol. The number of hydrogen-bond donors (Lipinski definition) is 1. The Bertz CT molecular complexity index is 903. The van der Waals surface area contributed by atoms with Gasteiger partial charge in [0.15, 0.2) is 0 Å². The lowest BCUT2D eigenvalue weighted by Crippen LogP contribution is -2.59. The second-order valence-electron chi connectivity index (χ2n) is 10.5. The molecule has 188 valence electrons. The number of ether oxygens (including phenoxy) is 1. The molecule has 0 aliphatic carbocycles. The molecule has 7 atom stereocenters. The number of fused-ring (bicyclic) bond motifs is 2. The standard InChI is InChI=1S/C26H39N3O5/c1-6-8-14-28-15-10-12-26-20(19-22(31)27(5)13-9-11-25(19,4)34-26)23(32)29(21(26)24(28)33)18(16-30)17(3)7-2/h9-12,17-21,30H,6-8,13-16H2,1-5H3/t17-,18-,19-,20-,21?,25+,26-/m0/s1. The van der Waals surface area contributed by atoms with E-state index in [2.05, 4.69) is 6.92 Å². The van der Waals surface area contributed by atoms with Crippen molar-refractivity contribution in [2.24, 2.45) is 17.8 Å². The quantitative estimate of drug-likeness (QED) is 0.567. The van der Waals surface area contributed by atoms with Gasteiger partial charge < -0.3 is 24.5 Å². The fourth-order valence-corrected chi connectivity index (χ4v) is 6.35. The van der Waals surface area contributed by atoms with Gasteiger partial charge in [0.2, 0.25) is 17.7 Å². The third-order valence-corrected chi connectivity index (χ3v) is 8.41. The number of amides is 3. The van der Waals surface area contributed by atoms with Gasteiger partial charge in [-0.25, -0.2) is 0 Å². The van der Waals surface area contributed by atoms with E-state index in [1.807, 2.05) is 45.1 Å². The van der Waals surface area contributed by atoms with Crippen molar-refractivity contribution in [1.29, 1.82) is 0 Å². The maximum Gasteiger partial charge on any atom is 0.249 e. The Morgan fingerprint density at radius 1 is 1.09 bits per heavy atom. The van der Waals surface area contributed by atoms with Gasteiger partial charge in [0.25, 0.3) is 0 Å². The Morgan fingerprint density at radius 2 is 1.79 bits per heavy atom. The maximum atomic E-state index is 14.2. The molecule has 0 aromatic heterocycles. The van der Waals surface area contributed by atoms with Gasteiger partial charge in [-0.3, -0.25) is 14.4 Å². The highest BCUT2D eigenvalue weighted by Gasteiger charge is 2.75. The molecule has 0 radical (unpaired) electrons. The summed E-state index contributed by atoms with van der Waals surface area (Å²) < 4.78 is 6.77. The van der Waals surface area contributed by atoms with Crippen LogP contribution >= 0.6 is 0 Å². The Hall–Kier alpha value is -2.19. The molecule has 1 N–H and O–H groups in total. The van der Waals surface area contributed by atoms with E-state index in [1.165, 1.54) is 0 Å².